The average molecular weight is 324 g/mol. The minimum Gasteiger partial charge on any atom is -0.450 e. The number of ether oxygens (including phenoxy) is 1. The third kappa shape index (κ3) is 2.38. The summed E-state index contributed by atoms with van der Waals surface area (Å²) in [5.41, 5.74) is 2.89. The minimum absolute atomic E-state index is 0.114. The summed E-state index contributed by atoms with van der Waals surface area (Å²) < 4.78 is 6.15. The van der Waals surface area contributed by atoms with Crippen LogP contribution in [0.25, 0.3) is 0 Å². The van der Waals surface area contributed by atoms with E-state index in [4.69, 9.17) is 4.74 Å². The molecule has 1 unspecified atom stereocenters. The molecule has 1 spiro atoms. The summed E-state index contributed by atoms with van der Waals surface area (Å²) in [5.74, 6) is 0. The number of rotatable bonds is 2. The van der Waals surface area contributed by atoms with Crippen LogP contribution in [0.15, 0.2) is 22.7 Å². The Bertz CT molecular complexity index is 511. The number of halogens is 1. The Morgan fingerprint density at radius 3 is 2.95 bits per heavy atom. The second kappa shape index (κ2) is 4.82. The van der Waals surface area contributed by atoms with Crippen LogP contribution in [-0.2, 0) is 11.2 Å². The second-order valence-corrected chi connectivity index (χ2v) is 6.42. The lowest BCUT2D eigenvalue weighted by atomic mass is 9.77. The van der Waals surface area contributed by atoms with Gasteiger partial charge in [-0.1, -0.05) is 22.0 Å². The number of alkyl carbamates (subject to hydrolysis) is 1. The van der Waals surface area contributed by atoms with Gasteiger partial charge in [0.1, 0.15) is 0 Å². The summed E-state index contributed by atoms with van der Waals surface area (Å²) in [4.78, 5) is 11.8. The molecule has 0 heterocycles. The molecule has 4 heteroatoms. The van der Waals surface area contributed by atoms with Crippen molar-refractivity contribution in [3.8, 4) is 0 Å². The van der Waals surface area contributed by atoms with Gasteiger partial charge in [0.2, 0.25) is 0 Å². The highest BCUT2D eigenvalue weighted by atomic mass is 79.9. The average Bonchev–Trinajstić information content (AvgIpc) is 3.14. The number of hydrogen-bond donors (Lipinski definition) is 1. The third-order valence-electron chi connectivity index (χ3n) is 4.35. The first-order valence-corrected chi connectivity index (χ1v) is 7.65. The Hall–Kier alpha value is -1.03. The quantitative estimate of drug-likeness (QED) is 0.894. The van der Waals surface area contributed by atoms with E-state index in [1.165, 1.54) is 24.0 Å². The zero-order chi connectivity index (χ0) is 13.5. The predicted octanol–water partition coefficient (Wildman–Crippen LogP) is 3.96. The third-order valence-corrected chi connectivity index (χ3v) is 4.84. The highest BCUT2D eigenvalue weighted by Gasteiger charge is 2.52. The van der Waals surface area contributed by atoms with Crippen LogP contribution in [0.1, 0.15) is 43.4 Å². The van der Waals surface area contributed by atoms with Crippen molar-refractivity contribution < 1.29 is 9.53 Å². The number of nitrogens with one attached hydrogen (secondary N) is 1. The zero-order valence-corrected chi connectivity index (χ0v) is 12.6. The maximum Gasteiger partial charge on any atom is 0.407 e. The van der Waals surface area contributed by atoms with E-state index in [-0.39, 0.29) is 17.6 Å². The fourth-order valence-electron chi connectivity index (χ4n) is 3.15. The van der Waals surface area contributed by atoms with Crippen molar-refractivity contribution in [2.45, 2.75) is 38.6 Å². The Labute approximate surface area is 121 Å². The molecule has 102 valence electrons. The van der Waals surface area contributed by atoms with Crippen molar-refractivity contribution in [1.29, 1.82) is 0 Å². The molecule has 3 rings (SSSR count). The fraction of sp³-hybridized carbons (Fsp3) is 0.533. The first-order valence-electron chi connectivity index (χ1n) is 6.86. The number of carbonyl (C=O) groups is 1. The number of benzene rings is 1. The van der Waals surface area contributed by atoms with E-state index in [2.05, 4.69) is 39.4 Å². The van der Waals surface area contributed by atoms with Gasteiger partial charge in [-0.3, -0.25) is 0 Å². The summed E-state index contributed by atoms with van der Waals surface area (Å²) in [7, 11) is 0. The molecule has 0 saturated heterocycles. The second-order valence-electron chi connectivity index (χ2n) is 5.50. The number of aryl methyl sites for hydroxylation is 1. The van der Waals surface area contributed by atoms with E-state index in [9.17, 15) is 4.79 Å². The summed E-state index contributed by atoms with van der Waals surface area (Å²) >= 11 is 3.52. The molecule has 2 aliphatic carbocycles. The van der Waals surface area contributed by atoms with Crippen molar-refractivity contribution in [1.82, 2.24) is 5.32 Å². The van der Waals surface area contributed by atoms with Crippen LogP contribution in [0, 0.1) is 5.41 Å². The smallest absolute Gasteiger partial charge is 0.407 e. The minimum atomic E-state index is -0.297. The Morgan fingerprint density at radius 2 is 2.26 bits per heavy atom. The maximum absolute atomic E-state index is 11.8. The molecule has 1 fully saturated rings. The van der Waals surface area contributed by atoms with Crippen LogP contribution in [-0.4, -0.2) is 12.7 Å². The lowest BCUT2D eigenvalue weighted by Gasteiger charge is -2.34. The lowest BCUT2D eigenvalue weighted by molar-refractivity contribution is 0.139. The van der Waals surface area contributed by atoms with Crippen molar-refractivity contribution in [2.75, 3.05) is 6.61 Å². The van der Waals surface area contributed by atoms with Crippen LogP contribution in [0.2, 0.25) is 0 Å². The molecule has 1 N–H and O–H groups in total. The van der Waals surface area contributed by atoms with Crippen LogP contribution < -0.4 is 5.32 Å². The van der Waals surface area contributed by atoms with Crippen molar-refractivity contribution in [2.24, 2.45) is 5.41 Å². The van der Waals surface area contributed by atoms with Gasteiger partial charge in [0, 0.05) is 4.47 Å². The number of carbonyl (C=O) groups excluding carboxylic acids is 1. The predicted molar refractivity (Wildman–Crippen MR) is 77.0 cm³/mol. The largest absolute Gasteiger partial charge is 0.450 e. The van der Waals surface area contributed by atoms with Crippen LogP contribution in [0.4, 0.5) is 4.79 Å². The molecule has 1 aromatic rings. The molecule has 3 nitrogen and oxygen atoms in total. The molecule has 1 atom stereocenters. The van der Waals surface area contributed by atoms with Gasteiger partial charge in [0.15, 0.2) is 0 Å². The number of fused-ring (bicyclic) bond motifs is 1. The zero-order valence-electron chi connectivity index (χ0n) is 11.0. The molecular weight excluding hydrogens is 306 g/mol. The Balaban J connectivity index is 1.90. The molecule has 0 radical (unpaired) electrons. The van der Waals surface area contributed by atoms with Gasteiger partial charge < -0.3 is 10.1 Å². The van der Waals surface area contributed by atoms with Gasteiger partial charge in [-0.25, -0.2) is 4.79 Å². The summed E-state index contributed by atoms with van der Waals surface area (Å²) in [5, 5.41) is 3.07. The number of hydrogen-bond acceptors (Lipinski definition) is 2. The van der Waals surface area contributed by atoms with Gasteiger partial charge in [-0.15, -0.1) is 0 Å². The standard InChI is InChI=1S/C15H18BrNO2/c1-2-19-14(18)17-13-12-4-3-11(16)9-10(12)5-6-15(13)7-8-15/h3-4,9,13H,2,5-8H2,1H3,(H,17,18). The molecule has 2 aliphatic rings. The first-order chi connectivity index (χ1) is 9.14. The molecule has 0 aliphatic heterocycles. The molecule has 19 heavy (non-hydrogen) atoms. The van der Waals surface area contributed by atoms with E-state index in [1.807, 2.05) is 6.92 Å². The van der Waals surface area contributed by atoms with E-state index >= 15 is 0 Å². The first kappa shape index (κ1) is 13.0. The van der Waals surface area contributed by atoms with E-state index in [0.29, 0.717) is 6.61 Å². The monoisotopic (exact) mass is 323 g/mol. The van der Waals surface area contributed by atoms with Crippen LogP contribution in [0.3, 0.4) is 0 Å². The van der Waals surface area contributed by atoms with E-state index < -0.39 is 0 Å². The maximum atomic E-state index is 11.8. The molecule has 0 bridgehead atoms. The summed E-state index contributed by atoms with van der Waals surface area (Å²) in [6.45, 7) is 2.25. The Kier molecular flexibility index (Phi) is 3.29. The normalized spacial score (nSPS) is 22.7. The summed E-state index contributed by atoms with van der Waals surface area (Å²) in [6, 6.07) is 6.48. The van der Waals surface area contributed by atoms with E-state index in [1.54, 1.807) is 0 Å². The Morgan fingerprint density at radius 1 is 1.47 bits per heavy atom. The summed E-state index contributed by atoms with van der Waals surface area (Å²) in [6.07, 6.45) is 4.39. The highest BCUT2D eigenvalue weighted by Crippen LogP contribution is 2.60. The van der Waals surface area contributed by atoms with Crippen LogP contribution in [0.5, 0.6) is 0 Å². The van der Waals surface area contributed by atoms with Gasteiger partial charge >= 0.3 is 6.09 Å². The van der Waals surface area contributed by atoms with E-state index in [0.717, 1.165) is 17.3 Å². The van der Waals surface area contributed by atoms with Gasteiger partial charge in [0.25, 0.3) is 0 Å². The topological polar surface area (TPSA) is 38.3 Å². The molecule has 1 amide bonds. The highest BCUT2D eigenvalue weighted by molar-refractivity contribution is 9.10. The van der Waals surface area contributed by atoms with Crippen LogP contribution >= 0.6 is 15.9 Å². The van der Waals surface area contributed by atoms with Gasteiger partial charge in [0.05, 0.1) is 12.6 Å². The molecular formula is C15H18BrNO2. The van der Waals surface area contributed by atoms with Crippen molar-refractivity contribution in [3.05, 3.63) is 33.8 Å². The molecule has 0 aromatic heterocycles. The van der Waals surface area contributed by atoms with Gasteiger partial charge in [-0.05, 0) is 61.3 Å². The molecule has 1 aromatic carbocycles. The fourth-order valence-corrected chi connectivity index (χ4v) is 3.56. The molecule has 1 saturated carbocycles. The van der Waals surface area contributed by atoms with Crippen molar-refractivity contribution >= 4 is 22.0 Å². The lowest BCUT2D eigenvalue weighted by Crippen LogP contribution is -2.37. The van der Waals surface area contributed by atoms with Crippen molar-refractivity contribution in [3.63, 3.8) is 0 Å². The van der Waals surface area contributed by atoms with Gasteiger partial charge in [-0.2, -0.15) is 0 Å². The number of amides is 1. The SMILES string of the molecule is CCOC(=O)NC1c2ccc(Br)cc2CCC12CC2.